The number of aromatic nitrogens is 2. The fraction of sp³-hybridized carbons (Fsp3) is 0.312. The fourth-order valence-electron chi connectivity index (χ4n) is 2.49. The highest BCUT2D eigenvalue weighted by molar-refractivity contribution is 6.04. The third-order valence-electron chi connectivity index (χ3n) is 3.75. The Morgan fingerprint density at radius 3 is 2.33 bits per heavy atom. The number of hydrogen-bond donors (Lipinski definition) is 1. The molecule has 1 saturated heterocycles. The predicted molar refractivity (Wildman–Crippen MR) is 82.9 cm³/mol. The van der Waals surface area contributed by atoms with E-state index < -0.39 is 17.8 Å². The van der Waals surface area contributed by atoms with Crippen LogP contribution < -0.4 is 10.2 Å². The number of nitrogens with one attached hydrogen (secondary N) is 1. The van der Waals surface area contributed by atoms with E-state index in [0.717, 1.165) is 50.1 Å². The van der Waals surface area contributed by atoms with Crippen LogP contribution >= 0.6 is 0 Å². The van der Waals surface area contributed by atoms with Gasteiger partial charge in [-0.1, -0.05) is 0 Å². The molecular formula is C16H15F3N4O. The molecule has 1 aliphatic rings. The van der Waals surface area contributed by atoms with Gasteiger partial charge in [0.1, 0.15) is 11.5 Å². The van der Waals surface area contributed by atoms with Gasteiger partial charge in [0, 0.05) is 19.3 Å². The Bertz CT molecular complexity index is 708. The van der Waals surface area contributed by atoms with Gasteiger partial charge in [0.25, 0.3) is 5.91 Å². The first-order chi connectivity index (χ1) is 11.4. The number of amides is 1. The molecule has 24 heavy (non-hydrogen) atoms. The number of carbonyl (C=O) groups is 1. The molecule has 0 unspecified atom stereocenters. The third kappa shape index (κ3) is 3.64. The Labute approximate surface area is 136 Å². The maximum Gasteiger partial charge on any atom is 0.433 e. The van der Waals surface area contributed by atoms with Gasteiger partial charge in [-0.2, -0.15) is 13.2 Å². The molecule has 3 heterocycles. The molecule has 0 spiro atoms. The van der Waals surface area contributed by atoms with Crippen LogP contribution in [0.5, 0.6) is 0 Å². The molecule has 1 amide bonds. The van der Waals surface area contributed by atoms with Gasteiger partial charge in [-0.25, -0.2) is 4.98 Å². The van der Waals surface area contributed by atoms with E-state index in [2.05, 4.69) is 20.2 Å². The molecule has 1 aliphatic heterocycles. The molecule has 8 heteroatoms. The second kappa shape index (κ2) is 6.46. The van der Waals surface area contributed by atoms with Gasteiger partial charge in [-0.05, 0) is 37.1 Å². The maximum atomic E-state index is 12.5. The molecule has 1 N–H and O–H groups in total. The van der Waals surface area contributed by atoms with Crippen LogP contribution in [0.15, 0.2) is 36.7 Å². The summed E-state index contributed by atoms with van der Waals surface area (Å²) in [6.45, 7) is 1.94. The molecule has 1 fully saturated rings. The Hall–Kier alpha value is -2.64. The van der Waals surface area contributed by atoms with Crippen LogP contribution in [0.2, 0.25) is 0 Å². The highest BCUT2D eigenvalue weighted by Gasteiger charge is 2.32. The van der Waals surface area contributed by atoms with E-state index in [1.165, 1.54) is 6.20 Å². The van der Waals surface area contributed by atoms with Gasteiger partial charge in [-0.3, -0.25) is 9.78 Å². The number of carbonyl (C=O) groups excluding carboxylic acids is 1. The number of pyridine rings is 2. The average Bonchev–Trinajstić information content (AvgIpc) is 3.09. The zero-order valence-corrected chi connectivity index (χ0v) is 12.7. The van der Waals surface area contributed by atoms with Gasteiger partial charge < -0.3 is 10.2 Å². The summed E-state index contributed by atoms with van der Waals surface area (Å²) in [7, 11) is 0. The molecule has 0 aromatic carbocycles. The highest BCUT2D eigenvalue weighted by Crippen LogP contribution is 2.27. The molecule has 0 bridgehead atoms. The predicted octanol–water partition coefficient (Wildman–Crippen LogP) is 3.35. The lowest BCUT2D eigenvalue weighted by atomic mass is 10.2. The fourth-order valence-corrected chi connectivity index (χ4v) is 2.49. The number of hydrogen-bond acceptors (Lipinski definition) is 4. The molecule has 2 aromatic rings. The van der Waals surface area contributed by atoms with Crippen molar-refractivity contribution in [1.29, 1.82) is 0 Å². The largest absolute Gasteiger partial charge is 0.433 e. The van der Waals surface area contributed by atoms with Gasteiger partial charge in [0.05, 0.1) is 17.4 Å². The normalized spacial score (nSPS) is 14.7. The molecule has 126 valence electrons. The zero-order valence-electron chi connectivity index (χ0n) is 12.7. The molecule has 0 atom stereocenters. The molecule has 3 rings (SSSR count). The smallest absolute Gasteiger partial charge is 0.357 e. The van der Waals surface area contributed by atoms with Crippen LogP contribution in [-0.4, -0.2) is 29.0 Å². The first-order valence-electron chi connectivity index (χ1n) is 7.49. The van der Waals surface area contributed by atoms with Crippen LogP contribution in [0.4, 0.5) is 24.7 Å². The summed E-state index contributed by atoms with van der Waals surface area (Å²) in [6.07, 6.45) is 0.194. The lowest BCUT2D eigenvalue weighted by Gasteiger charge is -2.16. The monoisotopic (exact) mass is 336 g/mol. The average molecular weight is 336 g/mol. The molecular weight excluding hydrogens is 321 g/mol. The van der Waals surface area contributed by atoms with Crippen molar-refractivity contribution < 1.29 is 18.0 Å². The Balaban J connectivity index is 1.66. The van der Waals surface area contributed by atoms with Crippen LogP contribution in [0.1, 0.15) is 28.9 Å². The minimum atomic E-state index is -4.52. The summed E-state index contributed by atoms with van der Waals surface area (Å²) in [5, 5.41) is 2.59. The SMILES string of the molecule is O=C(Nc1ccc(N2CCCC2)nc1)c1ccc(C(F)(F)F)nc1. The summed E-state index contributed by atoms with van der Waals surface area (Å²) in [6, 6.07) is 5.41. The van der Waals surface area contributed by atoms with Crippen molar-refractivity contribution in [2.24, 2.45) is 0 Å². The Morgan fingerprint density at radius 2 is 1.79 bits per heavy atom. The van der Waals surface area contributed by atoms with E-state index in [1.54, 1.807) is 6.07 Å². The number of alkyl halides is 3. The Kier molecular flexibility index (Phi) is 4.37. The first-order valence-corrected chi connectivity index (χ1v) is 7.49. The number of nitrogens with zero attached hydrogens (tertiary/aromatic N) is 3. The zero-order chi connectivity index (χ0) is 17.2. The molecule has 0 saturated carbocycles. The summed E-state index contributed by atoms with van der Waals surface area (Å²) >= 11 is 0. The van der Waals surface area contributed by atoms with E-state index >= 15 is 0 Å². The van der Waals surface area contributed by atoms with Gasteiger partial charge in [-0.15, -0.1) is 0 Å². The van der Waals surface area contributed by atoms with Crippen LogP contribution in [-0.2, 0) is 6.18 Å². The van der Waals surface area contributed by atoms with E-state index in [-0.39, 0.29) is 5.56 Å². The van der Waals surface area contributed by atoms with Crippen molar-refractivity contribution in [3.05, 3.63) is 47.9 Å². The topological polar surface area (TPSA) is 58.1 Å². The van der Waals surface area contributed by atoms with Crippen molar-refractivity contribution >= 4 is 17.4 Å². The second-order valence-electron chi connectivity index (χ2n) is 5.48. The quantitative estimate of drug-likeness (QED) is 0.934. The number of rotatable bonds is 3. The minimum Gasteiger partial charge on any atom is -0.357 e. The van der Waals surface area contributed by atoms with Crippen LogP contribution in [0.3, 0.4) is 0 Å². The number of anilines is 2. The summed E-state index contributed by atoms with van der Waals surface area (Å²) < 4.78 is 37.4. The van der Waals surface area contributed by atoms with E-state index in [1.807, 2.05) is 6.07 Å². The second-order valence-corrected chi connectivity index (χ2v) is 5.48. The molecule has 2 aromatic heterocycles. The number of halogens is 3. The van der Waals surface area contributed by atoms with Gasteiger partial charge in [0.2, 0.25) is 0 Å². The van der Waals surface area contributed by atoms with Crippen molar-refractivity contribution in [3.8, 4) is 0 Å². The summed E-state index contributed by atoms with van der Waals surface area (Å²) in [5.74, 6) is 0.314. The van der Waals surface area contributed by atoms with Gasteiger partial charge in [0.15, 0.2) is 0 Å². The molecule has 0 aliphatic carbocycles. The highest BCUT2D eigenvalue weighted by atomic mass is 19.4. The summed E-state index contributed by atoms with van der Waals surface area (Å²) in [5.41, 5.74) is -0.509. The summed E-state index contributed by atoms with van der Waals surface area (Å²) in [4.78, 5) is 21.8. The van der Waals surface area contributed by atoms with Gasteiger partial charge >= 0.3 is 6.18 Å². The first kappa shape index (κ1) is 16.2. The van der Waals surface area contributed by atoms with Crippen molar-refractivity contribution in [3.63, 3.8) is 0 Å². The van der Waals surface area contributed by atoms with Crippen molar-refractivity contribution in [2.45, 2.75) is 19.0 Å². The Morgan fingerprint density at radius 1 is 1.04 bits per heavy atom. The third-order valence-corrected chi connectivity index (χ3v) is 3.75. The van der Waals surface area contributed by atoms with E-state index in [4.69, 9.17) is 0 Å². The molecule has 5 nitrogen and oxygen atoms in total. The van der Waals surface area contributed by atoms with Crippen molar-refractivity contribution in [2.75, 3.05) is 23.3 Å². The minimum absolute atomic E-state index is 0.0478. The lowest BCUT2D eigenvalue weighted by Crippen LogP contribution is -2.19. The van der Waals surface area contributed by atoms with Crippen LogP contribution in [0, 0.1) is 0 Å². The standard InChI is InChI=1S/C16H15F3N4O/c17-16(18,19)13-5-3-11(9-20-13)15(24)22-12-4-6-14(21-10-12)23-7-1-2-8-23/h3-6,9-10H,1-2,7-8H2,(H,22,24). The van der Waals surface area contributed by atoms with E-state index in [0.29, 0.717) is 5.69 Å². The maximum absolute atomic E-state index is 12.5. The molecule has 0 radical (unpaired) electrons. The van der Waals surface area contributed by atoms with Crippen molar-refractivity contribution in [1.82, 2.24) is 9.97 Å². The van der Waals surface area contributed by atoms with Crippen LogP contribution in [0.25, 0.3) is 0 Å². The van der Waals surface area contributed by atoms with E-state index in [9.17, 15) is 18.0 Å². The lowest BCUT2D eigenvalue weighted by molar-refractivity contribution is -0.141.